The largest absolute Gasteiger partial charge is 0.339 e. The van der Waals surface area contributed by atoms with E-state index in [1.807, 2.05) is 50.2 Å². The Morgan fingerprint density at radius 2 is 1.70 bits per heavy atom. The van der Waals surface area contributed by atoms with Crippen molar-refractivity contribution >= 4 is 46.0 Å². The summed E-state index contributed by atoms with van der Waals surface area (Å²) in [5.74, 6) is 0.499. The van der Waals surface area contributed by atoms with Crippen molar-refractivity contribution in [3.05, 3.63) is 77.0 Å². The summed E-state index contributed by atoms with van der Waals surface area (Å²) in [4.78, 5) is 45.2. The molecule has 1 saturated heterocycles. The monoisotopic (exact) mass is 580 g/mol. The fourth-order valence-corrected chi connectivity index (χ4v) is 6.02. The van der Waals surface area contributed by atoms with Crippen LogP contribution in [-0.4, -0.2) is 70.8 Å². The molecule has 11 heteroatoms. The van der Waals surface area contributed by atoms with Crippen molar-refractivity contribution < 1.29 is 14.4 Å². The number of amides is 3. The van der Waals surface area contributed by atoms with E-state index in [4.69, 9.17) is 5.73 Å². The Hall–Kier alpha value is -3.25. The second-order valence-corrected chi connectivity index (χ2v) is 12.8. The van der Waals surface area contributed by atoms with Crippen molar-refractivity contribution in [2.75, 3.05) is 38.0 Å². The summed E-state index contributed by atoms with van der Waals surface area (Å²) in [5.41, 5.74) is 9.04. The van der Waals surface area contributed by atoms with Crippen molar-refractivity contribution in [1.29, 1.82) is 0 Å². The van der Waals surface area contributed by atoms with Gasteiger partial charge in [0.2, 0.25) is 5.91 Å². The number of hydrogen-bond donors (Lipinski definition) is 3. The molecule has 0 radical (unpaired) electrons. The molecule has 2 heterocycles. The van der Waals surface area contributed by atoms with E-state index in [9.17, 15) is 14.4 Å². The number of carbonyl (C=O) groups excluding carboxylic acids is 3. The van der Waals surface area contributed by atoms with Gasteiger partial charge < -0.3 is 20.9 Å². The van der Waals surface area contributed by atoms with Gasteiger partial charge in [-0.2, -0.15) is 0 Å². The standard InChI is InChI=1S/C29H36N6O3S2/c1-20(36)34-11-13-35(14-12-34)27(38)24-6-4-5-22(15-24)18-39-25-17-32-28(40-25)33-26(37)23-9-7-21(8-10-23)16-31-19-29(2,3)30/h4-10,15,17,31H,11-14,16,18-19,30H2,1-3H3,(H,32,33,37). The molecule has 1 aromatic heterocycles. The molecule has 1 aliphatic heterocycles. The minimum absolute atomic E-state index is 0.0124. The van der Waals surface area contributed by atoms with Gasteiger partial charge in [-0.05, 0) is 49.2 Å². The number of piperazine rings is 1. The molecule has 4 N–H and O–H groups in total. The molecule has 40 heavy (non-hydrogen) atoms. The van der Waals surface area contributed by atoms with Gasteiger partial charge >= 0.3 is 0 Å². The molecule has 3 aromatic rings. The summed E-state index contributed by atoms with van der Waals surface area (Å²) in [6.07, 6.45) is 1.75. The van der Waals surface area contributed by atoms with Gasteiger partial charge in [0.15, 0.2) is 5.13 Å². The average Bonchev–Trinajstić information content (AvgIpc) is 3.38. The summed E-state index contributed by atoms with van der Waals surface area (Å²) >= 11 is 3.03. The molecule has 0 aliphatic carbocycles. The van der Waals surface area contributed by atoms with Crippen LogP contribution >= 0.6 is 23.1 Å². The van der Waals surface area contributed by atoms with Crippen LogP contribution in [0, 0.1) is 0 Å². The third-order valence-corrected chi connectivity index (χ3v) is 8.58. The maximum atomic E-state index is 13.0. The van der Waals surface area contributed by atoms with E-state index >= 15 is 0 Å². The summed E-state index contributed by atoms with van der Waals surface area (Å²) in [5, 5.41) is 6.74. The van der Waals surface area contributed by atoms with Gasteiger partial charge in [-0.15, -0.1) is 11.8 Å². The Labute approximate surface area is 243 Å². The van der Waals surface area contributed by atoms with Crippen LogP contribution < -0.4 is 16.4 Å². The van der Waals surface area contributed by atoms with Crippen LogP contribution in [0.15, 0.2) is 58.9 Å². The van der Waals surface area contributed by atoms with Crippen LogP contribution in [0.2, 0.25) is 0 Å². The van der Waals surface area contributed by atoms with Gasteiger partial charge in [0, 0.05) is 68.6 Å². The second-order valence-electron chi connectivity index (χ2n) is 10.5. The van der Waals surface area contributed by atoms with Crippen LogP contribution in [0.25, 0.3) is 0 Å². The second kappa shape index (κ2) is 13.4. The predicted octanol–water partition coefficient (Wildman–Crippen LogP) is 3.82. The van der Waals surface area contributed by atoms with Gasteiger partial charge in [0.1, 0.15) is 0 Å². The highest BCUT2D eigenvalue weighted by atomic mass is 32.2. The molecule has 0 unspecified atom stereocenters. The van der Waals surface area contributed by atoms with E-state index in [1.54, 1.807) is 46.8 Å². The van der Waals surface area contributed by atoms with Gasteiger partial charge in [-0.25, -0.2) is 4.98 Å². The summed E-state index contributed by atoms with van der Waals surface area (Å²) in [6.45, 7) is 9.10. The number of nitrogens with two attached hydrogens (primary N) is 1. The maximum Gasteiger partial charge on any atom is 0.257 e. The third kappa shape index (κ3) is 8.62. The van der Waals surface area contributed by atoms with E-state index < -0.39 is 0 Å². The molecule has 212 valence electrons. The van der Waals surface area contributed by atoms with Crippen molar-refractivity contribution in [3.63, 3.8) is 0 Å². The number of benzene rings is 2. The minimum atomic E-state index is -0.275. The smallest absolute Gasteiger partial charge is 0.257 e. The number of aromatic nitrogens is 1. The first-order chi connectivity index (χ1) is 19.1. The van der Waals surface area contributed by atoms with Crippen LogP contribution in [0.3, 0.4) is 0 Å². The lowest BCUT2D eigenvalue weighted by molar-refractivity contribution is -0.130. The summed E-state index contributed by atoms with van der Waals surface area (Å²) < 4.78 is 0.969. The predicted molar refractivity (Wildman–Crippen MR) is 161 cm³/mol. The molecule has 0 bridgehead atoms. The quantitative estimate of drug-likeness (QED) is 0.312. The highest BCUT2D eigenvalue weighted by molar-refractivity contribution is 8.00. The minimum Gasteiger partial charge on any atom is -0.339 e. The zero-order chi connectivity index (χ0) is 28.7. The van der Waals surface area contributed by atoms with Crippen molar-refractivity contribution in [1.82, 2.24) is 20.1 Å². The molecular formula is C29H36N6O3S2. The normalized spacial score (nSPS) is 13.8. The number of thioether (sulfide) groups is 1. The summed E-state index contributed by atoms with van der Waals surface area (Å²) in [7, 11) is 0. The zero-order valence-electron chi connectivity index (χ0n) is 23.1. The van der Waals surface area contributed by atoms with E-state index in [0.717, 1.165) is 15.3 Å². The SMILES string of the molecule is CC(=O)N1CCN(C(=O)c2cccc(CSc3cnc(NC(=O)c4ccc(CNCC(C)(C)N)cc4)s3)c2)CC1. The van der Waals surface area contributed by atoms with Gasteiger partial charge in [-0.1, -0.05) is 35.6 Å². The topological polar surface area (TPSA) is 121 Å². The fraction of sp³-hybridized carbons (Fsp3) is 0.379. The Morgan fingerprint density at radius 3 is 2.38 bits per heavy atom. The van der Waals surface area contributed by atoms with Crippen molar-refractivity contribution in [2.45, 2.75) is 42.8 Å². The Bertz CT molecular complexity index is 1330. The zero-order valence-corrected chi connectivity index (χ0v) is 24.7. The molecule has 9 nitrogen and oxygen atoms in total. The first-order valence-electron chi connectivity index (χ1n) is 13.2. The van der Waals surface area contributed by atoms with Crippen LogP contribution in [0.5, 0.6) is 0 Å². The number of anilines is 1. The lowest BCUT2D eigenvalue weighted by Crippen LogP contribution is -2.50. The number of hydrogen-bond acceptors (Lipinski definition) is 8. The fourth-order valence-electron chi connectivity index (χ4n) is 4.21. The number of nitrogens with zero attached hydrogens (tertiary/aromatic N) is 3. The van der Waals surface area contributed by atoms with Gasteiger partial charge in [0.05, 0.1) is 10.4 Å². The highest BCUT2D eigenvalue weighted by Crippen LogP contribution is 2.31. The van der Waals surface area contributed by atoms with Gasteiger partial charge in [0.25, 0.3) is 11.8 Å². The molecular weight excluding hydrogens is 544 g/mol. The first kappa shape index (κ1) is 29.7. The molecule has 2 aromatic carbocycles. The molecule has 4 rings (SSSR count). The highest BCUT2D eigenvalue weighted by Gasteiger charge is 2.23. The van der Waals surface area contributed by atoms with Crippen LogP contribution in [0.1, 0.15) is 52.6 Å². The molecule has 0 atom stereocenters. The first-order valence-corrected chi connectivity index (χ1v) is 15.0. The number of nitrogens with one attached hydrogen (secondary N) is 2. The Balaban J connectivity index is 1.26. The molecule has 0 spiro atoms. The number of thiazole rings is 1. The van der Waals surface area contributed by atoms with E-state index in [0.29, 0.717) is 61.3 Å². The van der Waals surface area contributed by atoms with E-state index in [1.165, 1.54) is 11.3 Å². The Kier molecular flexibility index (Phi) is 9.96. The summed E-state index contributed by atoms with van der Waals surface area (Å²) in [6, 6.07) is 15.1. The molecule has 1 fully saturated rings. The lowest BCUT2D eigenvalue weighted by Gasteiger charge is -2.34. The van der Waals surface area contributed by atoms with Crippen molar-refractivity contribution in [3.8, 4) is 0 Å². The Morgan fingerprint density at radius 1 is 1.00 bits per heavy atom. The number of rotatable bonds is 10. The molecule has 0 saturated carbocycles. The average molecular weight is 581 g/mol. The van der Waals surface area contributed by atoms with Gasteiger partial charge in [-0.3, -0.25) is 19.7 Å². The van der Waals surface area contributed by atoms with Crippen molar-refractivity contribution in [2.24, 2.45) is 5.73 Å². The van der Waals surface area contributed by atoms with Crippen LogP contribution in [0.4, 0.5) is 5.13 Å². The third-order valence-electron chi connectivity index (χ3n) is 6.40. The lowest BCUT2D eigenvalue weighted by atomic mass is 10.1. The molecule has 3 amide bonds. The number of carbonyl (C=O) groups is 3. The molecule has 1 aliphatic rings. The van der Waals surface area contributed by atoms with E-state index in [-0.39, 0.29) is 23.3 Å². The van der Waals surface area contributed by atoms with E-state index in [2.05, 4.69) is 15.6 Å². The van der Waals surface area contributed by atoms with Crippen LogP contribution in [-0.2, 0) is 17.1 Å². The maximum absolute atomic E-state index is 13.0.